The number of thiazole rings is 1. The van der Waals surface area contributed by atoms with E-state index in [-0.39, 0.29) is 23.8 Å². The number of ether oxygens (including phenoxy) is 2. The number of likely N-dealkylation sites (tertiary alicyclic amines) is 1. The zero-order valence-corrected chi connectivity index (χ0v) is 22.9. The lowest BCUT2D eigenvalue weighted by molar-refractivity contribution is -0.127. The van der Waals surface area contributed by atoms with Crippen molar-refractivity contribution >= 4 is 23.2 Å². The Hall–Kier alpha value is -2.33. The van der Waals surface area contributed by atoms with Crippen LogP contribution in [-0.4, -0.2) is 84.7 Å². The summed E-state index contributed by atoms with van der Waals surface area (Å²) in [6.45, 7) is 10.1. The maximum atomic E-state index is 13.1. The number of piperidine rings is 1. The van der Waals surface area contributed by atoms with E-state index in [0.29, 0.717) is 44.5 Å². The Morgan fingerprint density at radius 1 is 1.11 bits per heavy atom. The number of hydrogen-bond donors (Lipinski definition) is 1. The van der Waals surface area contributed by atoms with Crippen molar-refractivity contribution in [2.24, 2.45) is 5.73 Å². The summed E-state index contributed by atoms with van der Waals surface area (Å²) in [6, 6.07) is 8.71. The maximum absolute atomic E-state index is 13.1. The molecule has 1 spiro atoms. The molecule has 2 saturated heterocycles. The Labute approximate surface area is 224 Å². The molecule has 4 rings (SSSR count). The number of benzene rings is 1. The second kappa shape index (κ2) is 13.0. The fourth-order valence-corrected chi connectivity index (χ4v) is 5.75. The molecular weight excluding hydrogens is 488 g/mol. The molecule has 3 heterocycles. The van der Waals surface area contributed by atoms with Crippen LogP contribution in [0.1, 0.15) is 65.7 Å². The highest BCUT2D eigenvalue weighted by Gasteiger charge is 2.41. The second-order valence-corrected chi connectivity index (χ2v) is 11.4. The van der Waals surface area contributed by atoms with E-state index in [0.717, 1.165) is 50.3 Å². The van der Waals surface area contributed by atoms with Crippen LogP contribution in [0.5, 0.6) is 0 Å². The molecule has 202 valence electrons. The number of primary amides is 1. The van der Waals surface area contributed by atoms with E-state index in [9.17, 15) is 9.59 Å². The molecule has 8 nitrogen and oxygen atoms in total. The van der Waals surface area contributed by atoms with E-state index >= 15 is 0 Å². The van der Waals surface area contributed by atoms with Crippen LogP contribution in [0.25, 0.3) is 0 Å². The third-order valence-electron chi connectivity index (χ3n) is 7.31. The number of carbonyl (C=O) groups is 2. The lowest BCUT2D eigenvalue weighted by atomic mass is 9.89. The summed E-state index contributed by atoms with van der Waals surface area (Å²) in [5.41, 5.74) is 8.02. The third-order valence-corrected chi connectivity index (χ3v) is 8.45. The van der Waals surface area contributed by atoms with E-state index in [1.54, 1.807) is 11.3 Å². The molecule has 0 atom stereocenters. The fourth-order valence-electron chi connectivity index (χ4n) is 4.94. The van der Waals surface area contributed by atoms with Gasteiger partial charge < -0.3 is 25.0 Å². The number of aromatic nitrogens is 1. The predicted octanol–water partition coefficient (Wildman–Crippen LogP) is 3.25. The molecule has 1 aromatic heterocycles. The van der Waals surface area contributed by atoms with Crippen molar-refractivity contribution in [3.05, 3.63) is 51.5 Å². The highest BCUT2D eigenvalue weighted by molar-refractivity contribution is 7.09. The van der Waals surface area contributed by atoms with Gasteiger partial charge in [0.05, 0.1) is 37.0 Å². The Bertz CT molecular complexity index is 1030. The number of carbonyl (C=O) groups excluding carboxylic acids is 2. The topological polar surface area (TPSA) is 98.0 Å². The number of amides is 2. The first-order valence-corrected chi connectivity index (χ1v) is 14.3. The van der Waals surface area contributed by atoms with E-state index in [4.69, 9.17) is 15.2 Å². The van der Waals surface area contributed by atoms with Crippen LogP contribution in [0.4, 0.5) is 0 Å². The van der Waals surface area contributed by atoms with Crippen molar-refractivity contribution in [3.63, 3.8) is 0 Å². The average Bonchev–Trinajstić information content (AvgIpc) is 3.39. The zero-order chi connectivity index (χ0) is 26.3. The fraction of sp³-hybridized carbons (Fsp3) is 0.607. The molecule has 37 heavy (non-hydrogen) atoms. The first kappa shape index (κ1) is 27.7. The molecule has 2 aliphatic heterocycles. The minimum absolute atomic E-state index is 0.0360. The highest BCUT2D eigenvalue weighted by Crippen LogP contribution is 2.31. The Morgan fingerprint density at radius 3 is 2.46 bits per heavy atom. The van der Waals surface area contributed by atoms with Crippen LogP contribution in [0.2, 0.25) is 0 Å². The standard InChI is InChI=1S/C28H40N4O4S/c1-21(2)26-30-24(19-37-26)27(34)32-15-18-36-28(20-32)10-13-31(14-11-28)12-7-22-3-5-23(6-4-22)8-16-35-17-9-25(29)33/h3-6,19,21H,7-18,20H2,1-2H3,(H2,29,33). The highest BCUT2D eigenvalue weighted by atomic mass is 32.1. The summed E-state index contributed by atoms with van der Waals surface area (Å²) in [7, 11) is 0. The summed E-state index contributed by atoms with van der Waals surface area (Å²) in [5, 5.41) is 2.91. The molecule has 2 amide bonds. The van der Waals surface area contributed by atoms with Gasteiger partial charge in [-0.25, -0.2) is 4.98 Å². The Balaban J connectivity index is 1.19. The van der Waals surface area contributed by atoms with Crippen LogP contribution in [-0.2, 0) is 27.1 Å². The monoisotopic (exact) mass is 528 g/mol. The van der Waals surface area contributed by atoms with E-state index < -0.39 is 0 Å². The van der Waals surface area contributed by atoms with Gasteiger partial charge >= 0.3 is 0 Å². The zero-order valence-electron chi connectivity index (χ0n) is 22.1. The lowest BCUT2D eigenvalue weighted by Gasteiger charge is -2.47. The van der Waals surface area contributed by atoms with Gasteiger partial charge in [0.15, 0.2) is 0 Å². The van der Waals surface area contributed by atoms with E-state index in [2.05, 4.69) is 48.0 Å². The van der Waals surface area contributed by atoms with Gasteiger partial charge in [0, 0.05) is 43.9 Å². The molecule has 9 heteroatoms. The van der Waals surface area contributed by atoms with E-state index in [1.807, 2.05) is 10.3 Å². The van der Waals surface area contributed by atoms with Gasteiger partial charge in [0.2, 0.25) is 5.91 Å². The van der Waals surface area contributed by atoms with Crippen molar-refractivity contribution in [3.8, 4) is 0 Å². The summed E-state index contributed by atoms with van der Waals surface area (Å²) in [5.74, 6) is 0.0439. The molecule has 0 bridgehead atoms. The Morgan fingerprint density at radius 2 is 1.81 bits per heavy atom. The van der Waals surface area contributed by atoms with Crippen LogP contribution in [0.3, 0.4) is 0 Å². The molecule has 2 aromatic rings. The molecular formula is C28H40N4O4S. The molecule has 0 unspecified atom stereocenters. The normalized spacial score (nSPS) is 18.0. The molecule has 2 fully saturated rings. The predicted molar refractivity (Wildman–Crippen MR) is 145 cm³/mol. The van der Waals surface area contributed by atoms with Gasteiger partial charge in [-0.3, -0.25) is 9.59 Å². The average molecular weight is 529 g/mol. The molecule has 1 aromatic carbocycles. The van der Waals surface area contributed by atoms with Crippen molar-refractivity contribution in [1.82, 2.24) is 14.8 Å². The van der Waals surface area contributed by atoms with Gasteiger partial charge in [0.1, 0.15) is 5.69 Å². The molecule has 2 aliphatic rings. The van der Waals surface area contributed by atoms with E-state index in [1.165, 1.54) is 11.1 Å². The Kier molecular flexibility index (Phi) is 9.70. The number of hydrogen-bond acceptors (Lipinski definition) is 7. The summed E-state index contributed by atoms with van der Waals surface area (Å²) in [6.07, 6.45) is 3.99. The van der Waals surface area contributed by atoms with Gasteiger partial charge in [-0.05, 0) is 36.8 Å². The minimum atomic E-state index is -0.330. The SMILES string of the molecule is CC(C)c1nc(C(=O)N2CCOC3(CCN(CCc4ccc(CCOCCC(N)=O)cc4)CC3)C2)cs1. The smallest absolute Gasteiger partial charge is 0.273 e. The maximum Gasteiger partial charge on any atom is 0.273 e. The van der Waals surface area contributed by atoms with Crippen LogP contribution >= 0.6 is 11.3 Å². The number of nitrogens with zero attached hydrogens (tertiary/aromatic N) is 3. The van der Waals surface area contributed by atoms with Crippen molar-refractivity contribution in [2.45, 2.75) is 57.5 Å². The number of morpholine rings is 1. The van der Waals surface area contributed by atoms with Crippen LogP contribution in [0.15, 0.2) is 29.6 Å². The van der Waals surface area contributed by atoms with Gasteiger partial charge in [-0.1, -0.05) is 38.1 Å². The molecule has 0 saturated carbocycles. The van der Waals surface area contributed by atoms with Crippen molar-refractivity contribution < 1.29 is 19.1 Å². The first-order chi connectivity index (χ1) is 17.8. The van der Waals surface area contributed by atoms with Crippen molar-refractivity contribution in [2.75, 3.05) is 52.5 Å². The first-order valence-electron chi connectivity index (χ1n) is 13.4. The third kappa shape index (κ3) is 7.83. The minimum Gasteiger partial charge on any atom is -0.381 e. The van der Waals surface area contributed by atoms with Crippen LogP contribution in [0, 0.1) is 0 Å². The molecule has 0 radical (unpaired) electrons. The second-order valence-electron chi connectivity index (χ2n) is 10.5. The van der Waals surface area contributed by atoms with Gasteiger partial charge in [-0.2, -0.15) is 0 Å². The van der Waals surface area contributed by atoms with Gasteiger partial charge in [0.25, 0.3) is 5.91 Å². The summed E-state index contributed by atoms with van der Waals surface area (Å²) < 4.78 is 11.7. The summed E-state index contributed by atoms with van der Waals surface area (Å²) in [4.78, 5) is 32.9. The largest absolute Gasteiger partial charge is 0.381 e. The summed E-state index contributed by atoms with van der Waals surface area (Å²) >= 11 is 1.57. The molecule has 0 aliphatic carbocycles. The quantitative estimate of drug-likeness (QED) is 0.450. The van der Waals surface area contributed by atoms with Crippen molar-refractivity contribution in [1.29, 1.82) is 0 Å². The van der Waals surface area contributed by atoms with Crippen LogP contribution < -0.4 is 5.73 Å². The molecule has 2 N–H and O–H groups in total. The lowest BCUT2D eigenvalue weighted by Crippen LogP contribution is -2.58. The number of nitrogens with two attached hydrogens (primary N) is 1. The number of rotatable bonds is 11. The van der Waals surface area contributed by atoms with Gasteiger partial charge in [-0.15, -0.1) is 11.3 Å².